The molecule has 1 aromatic rings. The molecule has 0 saturated heterocycles. The van der Waals surface area contributed by atoms with Crippen LogP contribution in [0.5, 0.6) is 5.88 Å². The first-order chi connectivity index (χ1) is 14.7. The van der Waals surface area contributed by atoms with Gasteiger partial charge in [0.15, 0.2) is 8.32 Å². The minimum Gasteiger partial charge on any atom is -0.474 e. The fourth-order valence-electron chi connectivity index (χ4n) is 5.17. The third kappa shape index (κ3) is 6.21. The number of aromatic nitrogens is 2. The third-order valence-corrected chi connectivity index (χ3v) is 18.6. The zero-order valence-corrected chi connectivity index (χ0v) is 24.4. The smallest absolute Gasteiger partial charge is 0.216 e. The van der Waals surface area contributed by atoms with E-state index in [1.165, 1.54) is 0 Å². The first-order valence-corrected chi connectivity index (χ1v) is 17.5. The number of hydrogen-bond acceptors (Lipinski definition) is 5. The zero-order valence-electron chi connectivity index (χ0n) is 22.4. The van der Waals surface area contributed by atoms with Crippen molar-refractivity contribution in [3.05, 3.63) is 18.6 Å². The Morgan fingerprint density at radius 3 is 2.06 bits per heavy atom. The van der Waals surface area contributed by atoms with Crippen molar-refractivity contribution in [3.63, 3.8) is 0 Å². The Bertz CT molecular complexity index is 683. The summed E-state index contributed by atoms with van der Waals surface area (Å²) in [6.07, 6.45) is 5.40. The standard InChI is InChI=1S/C25H48N2O3Si2/c1-18(2)32(19(3)4,20(5)6)30-23-15-22(29-24-12-13-26-17-27-24)14-21(23)16-28-31(10,11)25(7,8)9/h12-13,17-23H,14-16H2,1-11H3/t21-,22+,23+/m1/s1. The molecule has 5 nitrogen and oxygen atoms in total. The van der Waals surface area contributed by atoms with E-state index >= 15 is 0 Å². The molecular formula is C25H48N2O3Si2. The molecule has 0 amide bonds. The molecule has 0 aliphatic heterocycles. The molecule has 7 heteroatoms. The summed E-state index contributed by atoms with van der Waals surface area (Å²) in [6, 6.07) is 1.84. The molecule has 1 saturated carbocycles. The summed E-state index contributed by atoms with van der Waals surface area (Å²) in [5.74, 6) is 0.994. The highest BCUT2D eigenvalue weighted by Gasteiger charge is 2.50. The average molecular weight is 481 g/mol. The van der Waals surface area contributed by atoms with Gasteiger partial charge in [-0.3, -0.25) is 0 Å². The van der Waals surface area contributed by atoms with Crippen molar-refractivity contribution in [1.29, 1.82) is 0 Å². The monoisotopic (exact) mass is 480 g/mol. The van der Waals surface area contributed by atoms with Gasteiger partial charge in [-0.25, -0.2) is 9.97 Å². The predicted molar refractivity (Wildman–Crippen MR) is 138 cm³/mol. The van der Waals surface area contributed by atoms with Crippen molar-refractivity contribution in [2.24, 2.45) is 5.92 Å². The van der Waals surface area contributed by atoms with E-state index in [0.717, 1.165) is 19.4 Å². The summed E-state index contributed by atoms with van der Waals surface area (Å²) >= 11 is 0. The summed E-state index contributed by atoms with van der Waals surface area (Å²) in [6.45, 7) is 26.5. The molecule has 1 aliphatic carbocycles. The lowest BCUT2D eigenvalue weighted by atomic mass is 10.1. The third-order valence-electron chi connectivity index (χ3n) is 7.96. The summed E-state index contributed by atoms with van der Waals surface area (Å²) in [5, 5.41) is 0.200. The molecular weight excluding hydrogens is 432 g/mol. The lowest BCUT2D eigenvalue weighted by molar-refractivity contribution is 0.0958. The topological polar surface area (TPSA) is 53.5 Å². The summed E-state index contributed by atoms with van der Waals surface area (Å²) < 4.78 is 20.2. The molecule has 0 unspecified atom stereocenters. The predicted octanol–water partition coefficient (Wildman–Crippen LogP) is 7.22. The van der Waals surface area contributed by atoms with Crippen LogP contribution in [0.15, 0.2) is 18.6 Å². The summed E-state index contributed by atoms with van der Waals surface area (Å²) in [7, 11) is -3.82. The molecule has 2 rings (SSSR count). The Labute approximate surface area is 199 Å². The van der Waals surface area contributed by atoms with Gasteiger partial charge in [0.1, 0.15) is 12.4 Å². The highest BCUT2D eigenvalue weighted by molar-refractivity contribution is 6.77. The van der Waals surface area contributed by atoms with E-state index in [1.807, 2.05) is 6.07 Å². The molecule has 0 spiro atoms. The summed E-state index contributed by atoms with van der Waals surface area (Å²) in [4.78, 5) is 8.29. The molecule has 32 heavy (non-hydrogen) atoms. The molecule has 1 heterocycles. The van der Waals surface area contributed by atoms with E-state index in [1.54, 1.807) is 12.5 Å². The minimum absolute atomic E-state index is 0.0982. The Morgan fingerprint density at radius 2 is 1.59 bits per heavy atom. The molecule has 1 fully saturated rings. The first-order valence-electron chi connectivity index (χ1n) is 12.4. The molecule has 0 aromatic carbocycles. The number of nitrogens with zero attached hydrogens (tertiary/aromatic N) is 2. The Morgan fingerprint density at radius 1 is 1.00 bits per heavy atom. The van der Waals surface area contributed by atoms with Gasteiger partial charge in [-0.2, -0.15) is 0 Å². The van der Waals surface area contributed by atoms with Gasteiger partial charge < -0.3 is 13.6 Å². The summed E-state index contributed by atoms with van der Waals surface area (Å²) in [5.41, 5.74) is 1.68. The maximum absolute atomic E-state index is 7.28. The molecule has 1 aromatic heterocycles. The molecule has 1 aliphatic rings. The van der Waals surface area contributed by atoms with Gasteiger partial charge >= 0.3 is 0 Å². The number of rotatable bonds is 10. The highest BCUT2D eigenvalue weighted by atomic mass is 28.4. The van der Waals surface area contributed by atoms with Gasteiger partial charge in [0.05, 0.1) is 6.10 Å². The van der Waals surface area contributed by atoms with E-state index in [0.29, 0.717) is 28.4 Å². The second kappa shape index (κ2) is 10.7. The molecule has 3 atom stereocenters. The second-order valence-electron chi connectivity index (χ2n) is 12.1. The molecule has 0 N–H and O–H groups in total. The quantitative estimate of drug-likeness (QED) is 0.331. The van der Waals surface area contributed by atoms with Gasteiger partial charge in [0, 0.05) is 31.2 Å². The Hall–Kier alpha value is -0.766. The van der Waals surface area contributed by atoms with E-state index in [4.69, 9.17) is 13.6 Å². The number of hydrogen-bond donors (Lipinski definition) is 0. The lowest BCUT2D eigenvalue weighted by Crippen LogP contribution is -2.51. The highest BCUT2D eigenvalue weighted by Crippen LogP contribution is 2.46. The fraction of sp³-hybridized carbons (Fsp3) is 0.840. The van der Waals surface area contributed by atoms with Crippen molar-refractivity contribution >= 4 is 16.6 Å². The van der Waals surface area contributed by atoms with Gasteiger partial charge in [0.2, 0.25) is 14.2 Å². The SMILES string of the molecule is CC(C)[Si](O[C@H]1C[C@@H](Oc2ccncn2)C[C@@H]1CO[Si](C)(C)C(C)(C)C)(C(C)C)C(C)C. The largest absolute Gasteiger partial charge is 0.474 e. The van der Waals surface area contributed by atoms with Crippen LogP contribution in [0.25, 0.3) is 0 Å². The van der Waals surface area contributed by atoms with Crippen LogP contribution >= 0.6 is 0 Å². The van der Waals surface area contributed by atoms with Crippen LogP contribution in [-0.4, -0.2) is 45.4 Å². The van der Waals surface area contributed by atoms with Crippen LogP contribution in [0.3, 0.4) is 0 Å². The van der Waals surface area contributed by atoms with Crippen LogP contribution < -0.4 is 4.74 Å². The lowest BCUT2D eigenvalue weighted by Gasteiger charge is -2.45. The van der Waals surface area contributed by atoms with Crippen molar-refractivity contribution in [2.75, 3.05) is 6.61 Å². The van der Waals surface area contributed by atoms with Crippen LogP contribution in [0.4, 0.5) is 0 Å². The van der Waals surface area contributed by atoms with Gasteiger partial charge in [-0.1, -0.05) is 62.3 Å². The maximum Gasteiger partial charge on any atom is 0.216 e. The van der Waals surface area contributed by atoms with E-state index in [9.17, 15) is 0 Å². The molecule has 0 bridgehead atoms. The van der Waals surface area contributed by atoms with E-state index in [-0.39, 0.29) is 17.2 Å². The van der Waals surface area contributed by atoms with E-state index < -0.39 is 16.6 Å². The van der Waals surface area contributed by atoms with Crippen LogP contribution in [0, 0.1) is 5.92 Å². The molecule has 0 radical (unpaired) electrons. The van der Waals surface area contributed by atoms with Crippen molar-refractivity contribution in [3.8, 4) is 5.88 Å². The van der Waals surface area contributed by atoms with Crippen molar-refractivity contribution in [1.82, 2.24) is 9.97 Å². The van der Waals surface area contributed by atoms with Crippen LogP contribution in [0.1, 0.15) is 75.2 Å². The average Bonchev–Trinajstić information content (AvgIpc) is 3.04. The Balaban J connectivity index is 2.25. The number of ether oxygens (including phenoxy) is 1. The fourth-order valence-corrected chi connectivity index (χ4v) is 11.9. The van der Waals surface area contributed by atoms with Crippen LogP contribution in [0.2, 0.25) is 34.8 Å². The second-order valence-corrected chi connectivity index (χ2v) is 22.3. The van der Waals surface area contributed by atoms with Gasteiger partial charge in [-0.05, 0) is 41.2 Å². The van der Waals surface area contributed by atoms with Crippen LogP contribution in [-0.2, 0) is 8.85 Å². The minimum atomic E-state index is -1.99. The zero-order chi connectivity index (χ0) is 24.3. The van der Waals surface area contributed by atoms with E-state index in [2.05, 4.69) is 85.4 Å². The van der Waals surface area contributed by atoms with Crippen molar-refractivity contribution < 1.29 is 13.6 Å². The Kier molecular flexibility index (Phi) is 9.15. The van der Waals surface area contributed by atoms with Crippen molar-refractivity contribution in [2.45, 2.75) is 122 Å². The normalized spacial score (nSPS) is 22.9. The molecule has 184 valence electrons. The van der Waals surface area contributed by atoms with Gasteiger partial charge in [-0.15, -0.1) is 0 Å². The maximum atomic E-state index is 7.28. The first kappa shape index (κ1) is 27.5. The van der Waals surface area contributed by atoms with Gasteiger partial charge in [0.25, 0.3) is 0 Å².